The Morgan fingerprint density at radius 2 is 1.96 bits per heavy atom. The van der Waals surface area contributed by atoms with Crippen LogP contribution in [0.1, 0.15) is 42.6 Å². The number of carbonyl (C=O) groups excluding carboxylic acids is 1. The minimum absolute atomic E-state index is 0.0175. The lowest BCUT2D eigenvalue weighted by atomic mass is 10.1. The van der Waals surface area contributed by atoms with Gasteiger partial charge in [-0.15, -0.1) is 0 Å². The Hall–Kier alpha value is -1.43. The topological polar surface area (TPSA) is 53.6 Å². The van der Waals surface area contributed by atoms with E-state index in [-0.39, 0.29) is 18.1 Å². The first-order valence-corrected chi connectivity index (χ1v) is 9.08. The molecule has 2 aliphatic rings. The summed E-state index contributed by atoms with van der Waals surface area (Å²) in [6.07, 6.45) is 2.91. The highest BCUT2D eigenvalue weighted by atomic mass is 16.5. The summed E-state index contributed by atoms with van der Waals surface area (Å²) in [5.74, 6) is 0.0175. The summed E-state index contributed by atoms with van der Waals surface area (Å²) in [7, 11) is 0. The zero-order chi connectivity index (χ0) is 16.9. The highest BCUT2D eigenvalue weighted by molar-refractivity contribution is 5.94. The first-order chi connectivity index (χ1) is 11.6. The van der Waals surface area contributed by atoms with Crippen LogP contribution in [0.25, 0.3) is 0 Å². The van der Waals surface area contributed by atoms with E-state index in [0.717, 1.165) is 38.2 Å². The molecule has 3 atom stereocenters. The predicted octanol–water partition coefficient (Wildman–Crippen LogP) is 1.78. The van der Waals surface area contributed by atoms with Crippen LogP contribution < -0.4 is 10.6 Å². The quantitative estimate of drug-likeness (QED) is 0.863. The SMILES string of the molecule is CC1CN(Cc2ccc(C(=O)NCC3CCCN3)cc2)CC(C)O1. The van der Waals surface area contributed by atoms with E-state index < -0.39 is 0 Å². The Kier molecular flexibility index (Phi) is 5.87. The van der Waals surface area contributed by atoms with Crippen LogP contribution in [0.2, 0.25) is 0 Å². The van der Waals surface area contributed by atoms with E-state index in [0.29, 0.717) is 12.6 Å². The number of carbonyl (C=O) groups is 1. The second-order valence-corrected chi connectivity index (χ2v) is 7.15. The largest absolute Gasteiger partial charge is 0.373 e. The van der Waals surface area contributed by atoms with Gasteiger partial charge in [0, 0.05) is 37.8 Å². The highest BCUT2D eigenvalue weighted by Crippen LogP contribution is 2.15. The summed E-state index contributed by atoms with van der Waals surface area (Å²) < 4.78 is 5.77. The maximum Gasteiger partial charge on any atom is 0.251 e. The molecule has 2 saturated heterocycles. The lowest BCUT2D eigenvalue weighted by Crippen LogP contribution is -2.44. The molecule has 2 fully saturated rings. The molecule has 0 spiro atoms. The van der Waals surface area contributed by atoms with Gasteiger partial charge in [-0.05, 0) is 50.9 Å². The lowest BCUT2D eigenvalue weighted by molar-refractivity contribution is -0.0704. The summed E-state index contributed by atoms with van der Waals surface area (Å²) in [5, 5.41) is 6.42. The maximum absolute atomic E-state index is 12.2. The second-order valence-electron chi connectivity index (χ2n) is 7.15. The fraction of sp³-hybridized carbons (Fsp3) is 0.632. The Balaban J connectivity index is 1.50. The standard InChI is InChI=1S/C19H29N3O2/c1-14-11-22(12-15(2)24-14)13-16-5-7-17(8-6-16)19(23)21-10-18-4-3-9-20-18/h5-8,14-15,18,20H,3-4,9-13H2,1-2H3,(H,21,23). The third kappa shape index (κ3) is 4.79. The highest BCUT2D eigenvalue weighted by Gasteiger charge is 2.22. The number of amides is 1. The number of hydrogen-bond donors (Lipinski definition) is 2. The Morgan fingerprint density at radius 3 is 2.58 bits per heavy atom. The van der Waals surface area contributed by atoms with Crippen molar-refractivity contribution in [1.82, 2.24) is 15.5 Å². The third-order valence-corrected chi connectivity index (χ3v) is 4.79. The van der Waals surface area contributed by atoms with Crippen LogP contribution in [-0.2, 0) is 11.3 Å². The molecule has 3 unspecified atom stereocenters. The minimum atomic E-state index is 0.0175. The molecule has 0 bridgehead atoms. The Bertz CT molecular complexity index is 530. The second kappa shape index (κ2) is 8.10. The van der Waals surface area contributed by atoms with Crippen LogP contribution in [0.3, 0.4) is 0 Å². The van der Waals surface area contributed by atoms with Crippen molar-refractivity contribution in [2.45, 2.75) is 51.5 Å². The first-order valence-electron chi connectivity index (χ1n) is 9.08. The average Bonchev–Trinajstić information content (AvgIpc) is 3.06. The molecule has 24 heavy (non-hydrogen) atoms. The van der Waals surface area contributed by atoms with Crippen molar-refractivity contribution in [1.29, 1.82) is 0 Å². The number of nitrogens with zero attached hydrogens (tertiary/aromatic N) is 1. The van der Waals surface area contributed by atoms with Gasteiger partial charge in [0.1, 0.15) is 0 Å². The van der Waals surface area contributed by atoms with Gasteiger partial charge in [0.15, 0.2) is 0 Å². The summed E-state index contributed by atoms with van der Waals surface area (Å²) >= 11 is 0. The van der Waals surface area contributed by atoms with Crippen molar-refractivity contribution >= 4 is 5.91 Å². The lowest BCUT2D eigenvalue weighted by Gasteiger charge is -2.35. The van der Waals surface area contributed by atoms with E-state index >= 15 is 0 Å². The minimum Gasteiger partial charge on any atom is -0.373 e. The van der Waals surface area contributed by atoms with Crippen molar-refractivity contribution in [2.24, 2.45) is 0 Å². The van der Waals surface area contributed by atoms with Crippen LogP contribution in [0, 0.1) is 0 Å². The molecule has 0 radical (unpaired) electrons. The summed E-state index contributed by atoms with van der Waals surface area (Å²) in [6.45, 7) is 8.84. The van der Waals surface area contributed by atoms with E-state index in [1.165, 1.54) is 12.0 Å². The van der Waals surface area contributed by atoms with Gasteiger partial charge in [0.05, 0.1) is 12.2 Å². The van der Waals surface area contributed by atoms with Crippen LogP contribution in [0.4, 0.5) is 0 Å². The van der Waals surface area contributed by atoms with E-state index in [1.54, 1.807) is 0 Å². The van der Waals surface area contributed by atoms with Gasteiger partial charge in [-0.3, -0.25) is 9.69 Å². The number of ether oxygens (including phenoxy) is 1. The molecule has 2 heterocycles. The number of benzene rings is 1. The monoisotopic (exact) mass is 331 g/mol. The van der Waals surface area contributed by atoms with E-state index in [4.69, 9.17) is 4.74 Å². The molecular formula is C19H29N3O2. The molecule has 1 aromatic carbocycles. The van der Waals surface area contributed by atoms with Crippen molar-refractivity contribution in [3.05, 3.63) is 35.4 Å². The fourth-order valence-electron chi connectivity index (χ4n) is 3.68. The molecule has 0 aromatic heterocycles. The third-order valence-electron chi connectivity index (χ3n) is 4.79. The van der Waals surface area contributed by atoms with Crippen LogP contribution in [-0.4, -0.2) is 55.2 Å². The van der Waals surface area contributed by atoms with E-state index in [9.17, 15) is 4.79 Å². The molecule has 0 aliphatic carbocycles. The zero-order valence-electron chi connectivity index (χ0n) is 14.8. The van der Waals surface area contributed by atoms with Crippen LogP contribution >= 0.6 is 0 Å². The summed E-state index contributed by atoms with van der Waals surface area (Å²) in [4.78, 5) is 14.6. The van der Waals surface area contributed by atoms with Gasteiger partial charge >= 0.3 is 0 Å². The van der Waals surface area contributed by atoms with Gasteiger partial charge < -0.3 is 15.4 Å². The molecule has 2 N–H and O–H groups in total. The van der Waals surface area contributed by atoms with Crippen LogP contribution in [0.15, 0.2) is 24.3 Å². The van der Waals surface area contributed by atoms with Gasteiger partial charge in [-0.1, -0.05) is 12.1 Å². The predicted molar refractivity (Wildman–Crippen MR) is 95.1 cm³/mol. The average molecular weight is 331 g/mol. The van der Waals surface area contributed by atoms with Gasteiger partial charge in [-0.2, -0.15) is 0 Å². The number of morpholine rings is 1. The smallest absolute Gasteiger partial charge is 0.251 e. The summed E-state index contributed by atoms with van der Waals surface area (Å²) in [5.41, 5.74) is 1.98. The van der Waals surface area contributed by atoms with E-state index in [2.05, 4.69) is 41.5 Å². The molecule has 5 heteroatoms. The molecule has 0 saturated carbocycles. The van der Waals surface area contributed by atoms with Gasteiger partial charge in [0.25, 0.3) is 5.91 Å². The molecule has 1 amide bonds. The Morgan fingerprint density at radius 1 is 1.25 bits per heavy atom. The number of hydrogen-bond acceptors (Lipinski definition) is 4. The Labute approximate surface area is 144 Å². The van der Waals surface area contributed by atoms with Gasteiger partial charge in [0.2, 0.25) is 0 Å². The summed E-state index contributed by atoms with van der Waals surface area (Å²) in [6, 6.07) is 8.42. The zero-order valence-corrected chi connectivity index (χ0v) is 14.8. The molecule has 1 aromatic rings. The van der Waals surface area contributed by atoms with Gasteiger partial charge in [-0.25, -0.2) is 0 Å². The number of nitrogens with one attached hydrogen (secondary N) is 2. The maximum atomic E-state index is 12.2. The van der Waals surface area contributed by atoms with Crippen molar-refractivity contribution in [2.75, 3.05) is 26.2 Å². The van der Waals surface area contributed by atoms with Crippen molar-refractivity contribution in [3.63, 3.8) is 0 Å². The molecule has 3 rings (SSSR count). The van der Waals surface area contributed by atoms with Crippen molar-refractivity contribution in [3.8, 4) is 0 Å². The molecule has 2 aliphatic heterocycles. The molecule has 132 valence electrons. The molecular weight excluding hydrogens is 302 g/mol. The fourth-order valence-corrected chi connectivity index (χ4v) is 3.68. The van der Waals surface area contributed by atoms with Crippen LogP contribution in [0.5, 0.6) is 0 Å². The number of rotatable bonds is 5. The first kappa shape index (κ1) is 17.4. The van der Waals surface area contributed by atoms with E-state index in [1.807, 2.05) is 12.1 Å². The normalized spacial score (nSPS) is 28.0. The van der Waals surface area contributed by atoms with Crippen molar-refractivity contribution < 1.29 is 9.53 Å². The molecule has 5 nitrogen and oxygen atoms in total.